The molecule has 1 rings (SSSR count). The van der Waals surface area contributed by atoms with Gasteiger partial charge in [0.25, 0.3) is 0 Å². The lowest BCUT2D eigenvalue weighted by atomic mass is 10.0. The second-order valence-electron chi connectivity index (χ2n) is 3.84. The van der Waals surface area contributed by atoms with Crippen LogP contribution in [-0.2, 0) is 4.79 Å². The van der Waals surface area contributed by atoms with Crippen molar-refractivity contribution in [3.63, 3.8) is 0 Å². The van der Waals surface area contributed by atoms with Crippen LogP contribution in [0, 0.1) is 20.8 Å². The zero-order valence-corrected chi connectivity index (χ0v) is 11.1. The van der Waals surface area contributed by atoms with E-state index in [-0.39, 0.29) is 6.54 Å². The van der Waals surface area contributed by atoms with Crippen LogP contribution < -0.4 is 10.1 Å². The van der Waals surface area contributed by atoms with Gasteiger partial charge in [-0.1, -0.05) is 11.6 Å². The Morgan fingerprint density at radius 3 is 2.35 bits per heavy atom. The first-order valence-electron chi connectivity index (χ1n) is 5.19. The lowest BCUT2D eigenvalue weighted by molar-refractivity contribution is -0.134. The summed E-state index contributed by atoms with van der Waals surface area (Å²) < 4.78 is 5.31. The molecule has 0 spiro atoms. The van der Waals surface area contributed by atoms with Crippen LogP contribution in [0.15, 0.2) is 0 Å². The third-order valence-electron chi connectivity index (χ3n) is 2.78. The van der Waals surface area contributed by atoms with Crippen molar-refractivity contribution in [3.8, 4) is 5.75 Å². The van der Waals surface area contributed by atoms with Crippen molar-refractivity contribution in [2.24, 2.45) is 0 Å². The second-order valence-corrected chi connectivity index (χ2v) is 4.22. The summed E-state index contributed by atoms with van der Waals surface area (Å²) >= 11 is 6.19. The molecule has 0 aromatic heterocycles. The lowest BCUT2D eigenvalue weighted by Crippen LogP contribution is -2.14. The minimum atomic E-state index is -0.930. The van der Waals surface area contributed by atoms with Crippen molar-refractivity contribution >= 4 is 23.3 Å². The number of carboxylic acid groups (broad SMARTS) is 1. The van der Waals surface area contributed by atoms with Gasteiger partial charge in [-0.2, -0.15) is 0 Å². The smallest absolute Gasteiger partial charge is 0.322 e. The zero-order valence-electron chi connectivity index (χ0n) is 10.3. The number of ether oxygens (including phenoxy) is 1. The van der Waals surface area contributed by atoms with Gasteiger partial charge in [-0.3, -0.25) is 4.79 Å². The summed E-state index contributed by atoms with van der Waals surface area (Å²) in [5, 5.41) is 12.2. The molecule has 17 heavy (non-hydrogen) atoms. The molecule has 2 N–H and O–H groups in total. The molecule has 0 aliphatic heterocycles. The summed E-state index contributed by atoms with van der Waals surface area (Å²) in [5.74, 6) is -0.286. The van der Waals surface area contributed by atoms with E-state index >= 15 is 0 Å². The van der Waals surface area contributed by atoms with Crippen molar-refractivity contribution in [1.29, 1.82) is 0 Å². The topological polar surface area (TPSA) is 58.6 Å². The van der Waals surface area contributed by atoms with Gasteiger partial charge in [-0.05, 0) is 37.5 Å². The Hall–Kier alpha value is -1.42. The molecule has 0 atom stereocenters. The van der Waals surface area contributed by atoms with Crippen LogP contribution in [0.4, 0.5) is 5.69 Å². The molecule has 1 aromatic carbocycles. The number of carboxylic acids is 1. The number of halogens is 1. The van der Waals surface area contributed by atoms with Gasteiger partial charge < -0.3 is 15.2 Å². The number of rotatable bonds is 4. The van der Waals surface area contributed by atoms with E-state index in [1.807, 2.05) is 20.8 Å². The molecule has 0 amide bonds. The van der Waals surface area contributed by atoms with Crippen LogP contribution in [0.25, 0.3) is 0 Å². The molecule has 0 radical (unpaired) electrons. The maximum absolute atomic E-state index is 10.6. The van der Waals surface area contributed by atoms with Gasteiger partial charge in [0, 0.05) is 5.02 Å². The average molecular weight is 258 g/mol. The molecular weight excluding hydrogens is 242 g/mol. The second kappa shape index (κ2) is 5.27. The highest BCUT2D eigenvalue weighted by Gasteiger charge is 2.17. The molecule has 0 saturated carbocycles. The minimum Gasteiger partial charge on any atom is -0.494 e. The number of hydrogen-bond donors (Lipinski definition) is 2. The van der Waals surface area contributed by atoms with Gasteiger partial charge in [-0.25, -0.2) is 0 Å². The van der Waals surface area contributed by atoms with Gasteiger partial charge in [0.2, 0.25) is 0 Å². The third kappa shape index (κ3) is 2.64. The van der Waals surface area contributed by atoms with Crippen LogP contribution in [0.2, 0.25) is 5.02 Å². The summed E-state index contributed by atoms with van der Waals surface area (Å²) in [6.45, 7) is 5.47. The van der Waals surface area contributed by atoms with Crippen molar-refractivity contribution in [2.45, 2.75) is 20.8 Å². The Morgan fingerprint density at radius 2 is 1.88 bits per heavy atom. The standard InChI is InChI=1S/C12H16ClNO3/c1-6-7(2)12(17-4)11(8(3)10(6)13)14-5-9(15)16/h14H,5H2,1-4H3,(H,15,16). The lowest BCUT2D eigenvalue weighted by Gasteiger charge is -2.19. The molecule has 94 valence electrons. The third-order valence-corrected chi connectivity index (χ3v) is 3.35. The van der Waals surface area contributed by atoms with Gasteiger partial charge in [0.15, 0.2) is 0 Å². The van der Waals surface area contributed by atoms with Gasteiger partial charge in [-0.15, -0.1) is 0 Å². The van der Waals surface area contributed by atoms with E-state index in [1.165, 1.54) is 0 Å². The van der Waals surface area contributed by atoms with Gasteiger partial charge in [0.05, 0.1) is 12.8 Å². The van der Waals surface area contributed by atoms with Crippen LogP contribution in [-0.4, -0.2) is 24.7 Å². The van der Waals surface area contributed by atoms with E-state index in [0.717, 1.165) is 16.7 Å². The highest BCUT2D eigenvalue weighted by atomic mass is 35.5. The first-order chi connectivity index (χ1) is 7.90. The number of benzene rings is 1. The molecule has 0 saturated heterocycles. The van der Waals surface area contributed by atoms with Crippen molar-refractivity contribution < 1.29 is 14.6 Å². The van der Waals surface area contributed by atoms with E-state index in [2.05, 4.69) is 5.32 Å². The van der Waals surface area contributed by atoms with Crippen LogP contribution in [0.5, 0.6) is 5.75 Å². The van der Waals surface area contributed by atoms with Crippen LogP contribution >= 0.6 is 11.6 Å². The number of methoxy groups -OCH3 is 1. The Labute approximate surface area is 106 Å². The van der Waals surface area contributed by atoms with Gasteiger partial charge >= 0.3 is 5.97 Å². The largest absolute Gasteiger partial charge is 0.494 e. The predicted molar refractivity (Wildman–Crippen MR) is 68.3 cm³/mol. The fourth-order valence-electron chi connectivity index (χ4n) is 1.72. The molecule has 0 aliphatic rings. The monoisotopic (exact) mass is 257 g/mol. The zero-order chi connectivity index (χ0) is 13.2. The minimum absolute atomic E-state index is 0.171. The Balaban J connectivity index is 3.31. The summed E-state index contributed by atoms with van der Waals surface area (Å²) in [6, 6.07) is 0. The number of carbonyl (C=O) groups is 1. The molecule has 0 fully saturated rings. The highest BCUT2D eigenvalue weighted by molar-refractivity contribution is 6.32. The maximum atomic E-state index is 10.6. The molecule has 5 heteroatoms. The Morgan fingerprint density at radius 1 is 1.29 bits per heavy atom. The average Bonchev–Trinajstić information content (AvgIpc) is 2.29. The van der Waals surface area contributed by atoms with Crippen molar-refractivity contribution in [1.82, 2.24) is 0 Å². The SMILES string of the molecule is COc1c(C)c(C)c(Cl)c(C)c1NCC(=O)O. The Bertz CT molecular complexity index is 458. The predicted octanol–water partition coefficient (Wildman–Crippen LogP) is 2.77. The van der Waals surface area contributed by atoms with Crippen LogP contribution in [0.3, 0.4) is 0 Å². The summed E-state index contributed by atoms with van der Waals surface area (Å²) in [6.07, 6.45) is 0. The van der Waals surface area contributed by atoms with E-state index in [9.17, 15) is 4.79 Å². The highest BCUT2D eigenvalue weighted by Crippen LogP contribution is 2.39. The first kappa shape index (κ1) is 13.6. The van der Waals surface area contributed by atoms with Crippen molar-refractivity contribution in [3.05, 3.63) is 21.7 Å². The fourth-order valence-corrected chi connectivity index (χ4v) is 1.95. The number of nitrogens with one attached hydrogen (secondary N) is 1. The molecular formula is C12H16ClNO3. The fraction of sp³-hybridized carbons (Fsp3) is 0.417. The van der Waals surface area contributed by atoms with Gasteiger partial charge in [0.1, 0.15) is 12.3 Å². The van der Waals surface area contributed by atoms with Crippen LogP contribution in [0.1, 0.15) is 16.7 Å². The first-order valence-corrected chi connectivity index (χ1v) is 5.56. The number of anilines is 1. The van der Waals surface area contributed by atoms with E-state index < -0.39 is 5.97 Å². The van der Waals surface area contributed by atoms with E-state index in [0.29, 0.717) is 16.5 Å². The van der Waals surface area contributed by atoms with E-state index in [1.54, 1.807) is 7.11 Å². The number of hydrogen-bond acceptors (Lipinski definition) is 3. The van der Waals surface area contributed by atoms with Crippen molar-refractivity contribution in [2.75, 3.05) is 19.0 Å². The maximum Gasteiger partial charge on any atom is 0.322 e. The normalized spacial score (nSPS) is 10.2. The Kier molecular flexibility index (Phi) is 4.23. The summed E-state index contributed by atoms with van der Waals surface area (Å²) in [5.41, 5.74) is 3.30. The summed E-state index contributed by atoms with van der Waals surface area (Å²) in [7, 11) is 1.56. The molecule has 0 unspecified atom stereocenters. The number of aliphatic carboxylic acids is 1. The molecule has 0 bridgehead atoms. The molecule has 1 aromatic rings. The quantitative estimate of drug-likeness (QED) is 0.871. The van der Waals surface area contributed by atoms with E-state index in [4.69, 9.17) is 21.4 Å². The molecule has 0 aliphatic carbocycles. The molecule has 4 nitrogen and oxygen atoms in total. The molecule has 0 heterocycles. The summed E-state index contributed by atoms with van der Waals surface area (Å²) in [4.78, 5) is 10.6.